The summed E-state index contributed by atoms with van der Waals surface area (Å²) in [7, 11) is -2.97. The van der Waals surface area contributed by atoms with E-state index in [0.717, 1.165) is 41.6 Å². The first-order valence-corrected chi connectivity index (χ1v) is 12.8. The average molecular weight is 423 g/mol. The Balaban J connectivity index is 1.71. The Kier molecular flexibility index (Phi) is 5.38. The molecule has 4 bridgehead atoms. The molecule has 4 aromatic rings. The highest BCUT2D eigenvalue weighted by atomic mass is 31.2. The van der Waals surface area contributed by atoms with Crippen LogP contribution in [0.2, 0.25) is 0 Å². The molecule has 0 radical (unpaired) electrons. The van der Waals surface area contributed by atoms with Crippen LogP contribution in [0, 0.1) is 6.92 Å². The highest BCUT2D eigenvalue weighted by Gasteiger charge is 2.32. The lowest BCUT2D eigenvalue weighted by atomic mass is 9.94. The maximum atomic E-state index is 15.0. The maximum absolute atomic E-state index is 15.0. The van der Waals surface area contributed by atoms with Gasteiger partial charge in [0.2, 0.25) is 0 Å². The molecule has 0 amide bonds. The van der Waals surface area contributed by atoms with Crippen LogP contribution in [0.1, 0.15) is 27.8 Å². The van der Waals surface area contributed by atoms with Crippen molar-refractivity contribution in [3.63, 3.8) is 0 Å². The molecule has 1 nitrogen and oxygen atoms in total. The van der Waals surface area contributed by atoms with Gasteiger partial charge in [-0.05, 0) is 66.5 Å². The van der Waals surface area contributed by atoms with Crippen molar-refractivity contribution in [3.8, 4) is 0 Å². The van der Waals surface area contributed by atoms with Crippen molar-refractivity contribution in [1.29, 1.82) is 0 Å². The molecule has 0 saturated carbocycles. The standard InChI is InChI=1S/C29H27OP/c1-22-20-23-12-16-25(22)17-13-24-15-19-26(18-14-23)29(21-24)31(30,27-8-4-2-5-9-27)28-10-6-3-7-11-28/h2-12,15-16,19-21H,13-14,17-18H2,1H3. The van der Waals surface area contributed by atoms with E-state index in [-0.39, 0.29) is 0 Å². The van der Waals surface area contributed by atoms with Gasteiger partial charge in [-0.25, -0.2) is 0 Å². The summed E-state index contributed by atoms with van der Waals surface area (Å²) in [4.78, 5) is 0. The molecular weight excluding hydrogens is 395 g/mol. The predicted octanol–water partition coefficient (Wildman–Crippen LogP) is 5.52. The van der Waals surface area contributed by atoms with Crippen LogP contribution >= 0.6 is 7.14 Å². The lowest BCUT2D eigenvalue weighted by Gasteiger charge is -2.24. The minimum absolute atomic E-state index is 0.887. The third-order valence-corrected chi connectivity index (χ3v) is 9.65. The Hall–Kier alpha value is -2.89. The SMILES string of the molecule is Cc1cc2ccc1CCc1ccc(c(P(=O)(c3ccccc3)c3ccccc3)c1)CC2. The second-order valence-electron chi connectivity index (χ2n) is 8.50. The molecule has 0 atom stereocenters. The second-order valence-corrected chi connectivity index (χ2v) is 11.2. The zero-order valence-electron chi connectivity index (χ0n) is 17.9. The topological polar surface area (TPSA) is 17.1 Å². The molecule has 154 valence electrons. The minimum Gasteiger partial charge on any atom is -0.309 e. The summed E-state index contributed by atoms with van der Waals surface area (Å²) in [5.74, 6) is 0. The van der Waals surface area contributed by atoms with Crippen molar-refractivity contribution >= 4 is 23.1 Å². The summed E-state index contributed by atoms with van der Waals surface area (Å²) in [5, 5.41) is 2.82. The van der Waals surface area contributed by atoms with Gasteiger partial charge in [0.1, 0.15) is 0 Å². The van der Waals surface area contributed by atoms with Crippen molar-refractivity contribution in [2.75, 3.05) is 0 Å². The minimum atomic E-state index is -2.97. The van der Waals surface area contributed by atoms with Gasteiger partial charge >= 0.3 is 0 Å². The van der Waals surface area contributed by atoms with Gasteiger partial charge in [-0.3, -0.25) is 0 Å². The molecule has 31 heavy (non-hydrogen) atoms. The van der Waals surface area contributed by atoms with Crippen molar-refractivity contribution in [2.24, 2.45) is 0 Å². The van der Waals surface area contributed by atoms with Crippen LogP contribution in [0.5, 0.6) is 0 Å². The van der Waals surface area contributed by atoms with Crippen molar-refractivity contribution in [1.82, 2.24) is 0 Å². The zero-order chi connectivity index (χ0) is 21.3. The lowest BCUT2D eigenvalue weighted by Crippen LogP contribution is -2.28. The van der Waals surface area contributed by atoms with E-state index < -0.39 is 7.14 Å². The lowest BCUT2D eigenvalue weighted by molar-refractivity contribution is 0.592. The van der Waals surface area contributed by atoms with Crippen LogP contribution in [-0.2, 0) is 30.2 Å². The zero-order valence-corrected chi connectivity index (χ0v) is 18.8. The molecule has 2 heteroatoms. The van der Waals surface area contributed by atoms with Crippen LogP contribution in [0.3, 0.4) is 0 Å². The monoisotopic (exact) mass is 422 g/mol. The molecule has 0 aliphatic heterocycles. The molecule has 8 rings (SSSR count). The highest BCUT2D eigenvalue weighted by Crippen LogP contribution is 2.44. The van der Waals surface area contributed by atoms with Crippen LogP contribution in [-0.4, -0.2) is 0 Å². The second kappa shape index (κ2) is 8.33. The highest BCUT2D eigenvalue weighted by molar-refractivity contribution is 7.85. The van der Waals surface area contributed by atoms with E-state index >= 15 is 4.57 Å². The van der Waals surface area contributed by atoms with E-state index in [1.165, 1.54) is 27.8 Å². The molecule has 4 aromatic carbocycles. The fraction of sp³-hybridized carbons (Fsp3) is 0.172. The molecule has 0 N–H and O–H groups in total. The molecule has 0 unspecified atom stereocenters. The summed E-state index contributed by atoms with van der Waals surface area (Å²) in [6.07, 6.45) is 3.80. The van der Waals surface area contributed by atoms with E-state index in [1.807, 2.05) is 60.7 Å². The summed E-state index contributed by atoms with van der Waals surface area (Å²) < 4.78 is 15.0. The van der Waals surface area contributed by atoms with E-state index in [0.29, 0.717) is 0 Å². The Labute approximate surface area is 185 Å². The first-order chi connectivity index (χ1) is 15.1. The molecule has 4 aliphatic rings. The normalized spacial score (nSPS) is 13.6. The summed E-state index contributed by atoms with van der Waals surface area (Å²) in [5.41, 5.74) is 6.60. The molecular formula is C29H27OP. The van der Waals surface area contributed by atoms with Gasteiger partial charge < -0.3 is 4.57 Å². The smallest absolute Gasteiger partial charge is 0.171 e. The Morgan fingerprint density at radius 3 is 1.68 bits per heavy atom. The molecule has 0 saturated heterocycles. The number of aryl methyl sites for hydroxylation is 5. The molecule has 0 fully saturated rings. The first-order valence-electron chi connectivity index (χ1n) is 11.1. The Bertz CT molecular complexity index is 1220. The third kappa shape index (κ3) is 3.80. The quantitative estimate of drug-likeness (QED) is 0.398. The molecule has 4 aliphatic carbocycles. The number of rotatable bonds is 3. The van der Waals surface area contributed by atoms with E-state index in [4.69, 9.17) is 0 Å². The maximum Gasteiger partial charge on any atom is 0.171 e. The van der Waals surface area contributed by atoms with Crippen LogP contribution in [0.15, 0.2) is 97.1 Å². The fourth-order valence-electron chi connectivity index (χ4n) is 4.72. The Morgan fingerprint density at radius 1 is 0.581 bits per heavy atom. The largest absolute Gasteiger partial charge is 0.309 e. The summed E-state index contributed by atoms with van der Waals surface area (Å²) in [6, 6.07) is 33.7. The first kappa shape index (κ1) is 20.0. The van der Waals surface area contributed by atoms with Gasteiger partial charge in [-0.2, -0.15) is 0 Å². The average Bonchev–Trinajstić information content (AvgIpc) is 2.81. The summed E-state index contributed by atoms with van der Waals surface area (Å²) >= 11 is 0. The number of hydrogen-bond acceptors (Lipinski definition) is 1. The van der Waals surface area contributed by atoms with Gasteiger partial charge in [-0.1, -0.05) is 91.0 Å². The van der Waals surface area contributed by atoms with Gasteiger partial charge in [0.05, 0.1) is 0 Å². The van der Waals surface area contributed by atoms with Crippen molar-refractivity contribution < 1.29 is 4.57 Å². The Morgan fingerprint density at radius 2 is 1.10 bits per heavy atom. The van der Waals surface area contributed by atoms with E-state index in [2.05, 4.69) is 43.3 Å². The summed E-state index contributed by atoms with van der Waals surface area (Å²) in [6.45, 7) is 2.22. The third-order valence-electron chi connectivity index (χ3n) is 6.50. The van der Waals surface area contributed by atoms with E-state index in [1.54, 1.807) is 0 Å². The number of hydrogen-bond donors (Lipinski definition) is 0. The van der Waals surface area contributed by atoms with Crippen LogP contribution in [0.4, 0.5) is 0 Å². The van der Waals surface area contributed by atoms with E-state index in [9.17, 15) is 0 Å². The van der Waals surface area contributed by atoms with Gasteiger partial charge in [0, 0.05) is 15.9 Å². The number of benzene rings is 4. The fourth-order valence-corrected chi connectivity index (χ4v) is 7.70. The molecule has 0 heterocycles. The van der Waals surface area contributed by atoms with Crippen molar-refractivity contribution in [2.45, 2.75) is 32.6 Å². The van der Waals surface area contributed by atoms with Gasteiger partial charge in [0.25, 0.3) is 0 Å². The molecule has 0 spiro atoms. The van der Waals surface area contributed by atoms with Crippen LogP contribution < -0.4 is 15.9 Å². The van der Waals surface area contributed by atoms with Gasteiger partial charge in [0.15, 0.2) is 7.14 Å². The van der Waals surface area contributed by atoms with Crippen molar-refractivity contribution in [3.05, 3.63) is 125 Å². The van der Waals surface area contributed by atoms with Gasteiger partial charge in [-0.15, -0.1) is 0 Å². The predicted molar refractivity (Wildman–Crippen MR) is 132 cm³/mol. The van der Waals surface area contributed by atoms with Crippen LogP contribution in [0.25, 0.3) is 0 Å². The molecule has 0 aromatic heterocycles.